The molecule has 2 aromatic rings. The maximum Gasteiger partial charge on any atom is 0.264 e. The summed E-state index contributed by atoms with van der Waals surface area (Å²) in [6, 6.07) is 11.3. The first-order valence-electron chi connectivity index (χ1n) is 14.4. The minimum Gasteiger partial charge on any atom is -0.493 e. The maximum atomic E-state index is 13.9. The number of benzene rings is 2. The van der Waals surface area contributed by atoms with E-state index in [4.69, 9.17) is 9.47 Å². The summed E-state index contributed by atoms with van der Waals surface area (Å²) in [5.74, 6) is 0.874. The van der Waals surface area contributed by atoms with Crippen LogP contribution in [-0.2, 0) is 4.79 Å². The van der Waals surface area contributed by atoms with Gasteiger partial charge < -0.3 is 24.2 Å². The monoisotopic (exact) mass is 546 g/mol. The molecule has 9 nitrogen and oxygen atoms in total. The first kappa shape index (κ1) is 26.6. The third kappa shape index (κ3) is 4.31. The van der Waals surface area contributed by atoms with Crippen molar-refractivity contribution in [1.82, 2.24) is 14.7 Å². The Balaban J connectivity index is 1.24. The zero-order chi connectivity index (χ0) is 28.0. The van der Waals surface area contributed by atoms with Gasteiger partial charge >= 0.3 is 0 Å². The first-order valence-corrected chi connectivity index (χ1v) is 14.4. The Morgan fingerprint density at radius 3 is 2.58 bits per heavy atom. The SMILES string of the molecule is COc1ccc2c(c1OC)C(=O)N1c3ccccc3C(=O)N(CCC(=O)N(C)C[C@@H]3CCCN4CCCC[C@H]34)[C@H]21. The predicted molar refractivity (Wildman–Crippen MR) is 151 cm³/mol. The van der Waals surface area contributed by atoms with E-state index in [0.717, 1.165) is 13.0 Å². The molecule has 0 spiro atoms. The summed E-state index contributed by atoms with van der Waals surface area (Å²) in [4.78, 5) is 48.9. The van der Waals surface area contributed by atoms with Crippen molar-refractivity contribution in [1.29, 1.82) is 0 Å². The molecule has 212 valence electrons. The quantitative estimate of drug-likeness (QED) is 0.524. The summed E-state index contributed by atoms with van der Waals surface area (Å²) < 4.78 is 11.1. The Morgan fingerprint density at radius 2 is 1.77 bits per heavy atom. The van der Waals surface area contributed by atoms with Crippen LogP contribution in [0.3, 0.4) is 0 Å². The van der Waals surface area contributed by atoms with Crippen molar-refractivity contribution < 1.29 is 23.9 Å². The molecule has 0 aliphatic carbocycles. The molecular formula is C31H38N4O5. The van der Waals surface area contributed by atoms with Crippen molar-refractivity contribution in [2.24, 2.45) is 5.92 Å². The summed E-state index contributed by atoms with van der Waals surface area (Å²) in [6.07, 6.45) is 5.62. The molecule has 0 N–H and O–H groups in total. The minimum atomic E-state index is -0.656. The molecule has 0 aromatic heterocycles. The van der Waals surface area contributed by atoms with E-state index in [1.165, 1.54) is 53.0 Å². The number of methoxy groups -OCH3 is 2. The number of rotatable bonds is 7. The van der Waals surface area contributed by atoms with Crippen LogP contribution in [0.25, 0.3) is 0 Å². The number of anilines is 1. The molecule has 4 aliphatic rings. The maximum absolute atomic E-state index is 13.9. The lowest BCUT2D eigenvalue weighted by Crippen LogP contribution is -2.51. The molecular weight excluding hydrogens is 508 g/mol. The van der Waals surface area contributed by atoms with Crippen LogP contribution in [0.1, 0.15) is 71.0 Å². The number of fused-ring (bicyclic) bond motifs is 6. The average Bonchev–Trinajstić information content (AvgIpc) is 3.28. The second kappa shape index (κ2) is 10.8. The van der Waals surface area contributed by atoms with Gasteiger partial charge in [0.2, 0.25) is 5.91 Å². The fourth-order valence-electron chi connectivity index (χ4n) is 7.30. The highest BCUT2D eigenvalue weighted by molar-refractivity contribution is 6.18. The molecule has 3 amide bonds. The van der Waals surface area contributed by atoms with Gasteiger partial charge in [-0.05, 0) is 62.9 Å². The molecule has 2 fully saturated rings. The Kier molecular flexibility index (Phi) is 7.16. The highest BCUT2D eigenvalue weighted by Gasteiger charge is 2.49. The molecule has 0 radical (unpaired) electrons. The number of carbonyl (C=O) groups excluding carboxylic acids is 3. The van der Waals surface area contributed by atoms with Crippen molar-refractivity contribution in [2.75, 3.05) is 52.3 Å². The highest BCUT2D eigenvalue weighted by Crippen LogP contribution is 2.49. The number of hydrogen-bond donors (Lipinski definition) is 0. The summed E-state index contributed by atoms with van der Waals surface area (Å²) in [7, 11) is 4.92. The number of ether oxygens (including phenoxy) is 2. The predicted octanol–water partition coefficient (Wildman–Crippen LogP) is 3.93. The Bertz CT molecular complexity index is 1330. The molecule has 4 heterocycles. The molecule has 40 heavy (non-hydrogen) atoms. The largest absolute Gasteiger partial charge is 0.493 e. The molecule has 6 rings (SSSR count). The Labute approximate surface area is 235 Å². The lowest BCUT2D eigenvalue weighted by molar-refractivity contribution is -0.131. The second-order valence-electron chi connectivity index (χ2n) is 11.4. The molecule has 4 aliphatic heterocycles. The van der Waals surface area contributed by atoms with Gasteiger partial charge in [0, 0.05) is 38.2 Å². The van der Waals surface area contributed by atoms with Crippen LogP contribution in [-0.4, -0.2) is 85.9 Å². The van der Waals surface area contributed by atoms with Gasteiger partial charge in [0.25, 0.3) is 11.8 Å². The number of para-hydroxylation sites is 1. The summed E-state index contributed by atoms with van der Waals surface area (Å²) in [6.45, 7) is 3.29. The van der Waals surface area contributed by atoms with Gasteiger partial charge in [-0.2, -0.15) is 0 Å². The summed E-state index contributed by atoms with van der Waals surface area (Å²) >= 11 is 0. The third-order valence-corrected chi connectivity index (χ3v) is 9.21. The fraction of sp³-hybridized carbons (Fsp3) is 0.516. The average molecular weight is 547 g/mol. The van der Waals surface area contributed by atoms with E-state index in [0.29, 0.717) is 45.8 Å². The van der Waals surface area contributed by atoms with E-state index in [9.17, 15) is 14.4 Å². The second-order valence-corrected chi connectivity index (χ2v) is 11.4. The zero-order valence-corrected chi connectivity index (χ0v) is 23.6. The van der Waals surface area contributed by atoms with Crippen LogP contribution >= 0.6 is 0 Å². The number of carbonyl (C=O) groups is 3. The van der Waals surface area contributed by atoms with Crippen molar-refractivity contribution in [3.63, 3.8) is 0 Å². The lowest BCUT2D eigenvalue weighted by atomic mass is 9.83. The third-order valence-electron chi connectivity index (χ3n) is 9.21. The van der Waals surface area contributed by atoms with Gasteiger partial charge in [-0.1, -0.05) is 24.6 Å². The standard InChI is InChI=1S/C31H38N4O5/c1-32(19-20-9-8-17-33-16-7-6-11-23(20)33)26(36)15-18-34-29-22-13-14-25(39-2)28(40-3)27(22)31(38)35(29)24-12-5-4-10-21(24)30(34)37/h4-5,10,12-14,20,23,29H,6-9,11,15-19H2,1-3H3/t20-,23+,29-/m0/s1. The minimum absolute atomic E-state index is 0.0167. The van der Waals surface area contributed by atoms with Gasteiger partial charge in [-0.15, -0.1) is 0 Å². The van der Waals surface area contributed by atoms with Crippen molar-refractivity contribution in [3.8, 4) is 11.5 Å². The van der Waals surface area contributed by atoms with Crippen molar-refractivity contribution in [3.05, 3.63) is 53.1 Å². The molecule has 0 saturated carbocycles. The van der Waals surface area contributed by atoms with E-state index in [-0.39, 0.29) is 30.7 Å². The van der Waals surface area contributed by atoms with Crippen LogP contribution in [0.5, 0.6) is 11.5 Å². The van der Waals surface area contributed by atoms with Gasteiger partial charge in [0.15, 0.2) is 11.5 Å². The first-order chi connectivity index (χ1) is 19.4. The summed E-state index contributed by atoms with van der Waals surface area (Å²) in [5, 5.41) is 0. The normalized spacial score (nSPS) is 23.7. The Hall–Kier alpha value is -3.59. The lowest BCUT2D eigenvalue weighted by Gasteiger charge is -2.45. The van der Waals surface area contributed by atoms with Gasteiger partial charge in [-0.25, -0.2) is 0 Å². The number of nitrogens with zero attached hydrogens (tertiary/aromatic N) is 4. The molecule has 9 heteroatoms. The molecule has 0 bridgehead atoms. The van der Waals surface area contributed by atoms with E-state index < -0.39 is 6.17 Å². The van der Waals surface area contributed by atoms with E-state index in [1.807, 2.05) is 24.1 Å². The highest BCUT2D eigenvalue weighted by atomic mass is 16.5. The van der Waals surface area contributed by atoms with Crippen LogP contribution in [0, 0.1) is 5.92 Å². The van der Waals surface area contributed by atoms with Crippen LogP contribution in [0.15, 0.2) is 36.4 Å². The van der Waals surface area contributed by atoms with Gasteiger partial charge in [0.05, 0.1) is 31.0 Å². The van der Waals surface area contributed by atoms with Crippen LogP contribution < -0.4 is 14.4 Å². The fourth-order valence-corrected chi connectivity index (χ4v) is 7.30. The topological polar surface area (TPSA) is 82.6 Å². The molecule has 0 unspecified atom stereocenters. The van der Waals surface area contributed by atoms with E-state index in [1.54, 1.807) is 34.1 Å². The molecule has 2 saturated heterocycles. The molecule has 3 atom stereocenters. The molecule has 2 aromatic carbocycles. The van der Waals surface area contributed by atoms with Gasteiger partial charge in [0.1, 0.15) is 6.17 Å². The smallest absolute Gasteiger partial charge is 0.264 e. The van der Waals surface area contributed by atoms with Gasteiger partial charge in [-0.3, -0.25) is 19.3 Å². The zero-order valence-electron chi connectivity index (χ0n) is 23.6. The number of amides is 3. The van der Waals surface area contributed by atoms with Crippen LogP contribution in [0.2, 0.25) is 0 Å². The van der Waals surface area contributed by atoms with E-state index in [2.05, 4.69) is 4.90 Å². The summed E-state index contributed by atoms with van der Waals surface area (Å²) in [5.41, 5.74) is 2.07. The van der Waals surface area contributed by atoms with Crippen molar-refractivity contribution in [2.45, 2.75) is 50.7 Å². The van der Waals surface area contributed by atoms with Crippen LogP contribution in [0.4, 0.5) is 5.69 Å². The Morgan fingerprint density at radius 1 is 0.975 bits per heavy atom. The number of piperidine rings is 2. The van der Waals surface area contributed by atoms with Crippen molar-refractivity contribution >= 4 is 23.4 Å². The van der Waals surface area contributed by atoms with E-state index >= 15 is 0 Å². The number of hydrogen-bond acceptors (Lipinski definition) is 6.